The molecule has 4 rings (SSSR count). The monoisotopic (exact) mass is 409 g/mol. The van der Waals surface area contributed by atoms with Crippen LogP contribution in [-0.4, -0.2) is 14.8 Å². The Bertz CT molecular complexity index is 978. The van der Waals surface area contributed by atoms with Crippen molar-refractivity contribution < 1.29 is 13.5 Å². The van der Waals surface area contributed by atoms with E-state index < -0.39 is 0 Å². The Hall–Kier alpha value is -3.06. The summed E-state index contributed by atoms with van der Waals surface area (Å²) in [6, 6.07) is 18.1. The Kier molecular flexibility index (Phi) is 5.95. The Morgan fingerprint density at radius 3 is 2.55 bits per heavy atom. The van der Waals surface area contributed by atoms with Crippen LogP contribution in [0.1, 0.15) is 22.7 Å². The van der Waals surface area contributed by atoms with E-state index in [4.69, 9.17) is 9.15 Å². The van der Waals surface area contributed by atoms with E-state index >= 15 is 0 Å². The topological polar surface area (TPSA) is 53.1 Å². The number of furan rings is 1. The smallest absolute Gasteiger partial charge is 0.192 e. The molecule has 0 bridgehead atoms. The van der Waals surface area contributed by atoms with Crippen molar-refractivity contribution in [1.29, 1.82) is 0 Å². The first-order valence-corrected chi connectivity index (χ1v) is 10.2. The van der Waals surface area contributed by atoms with Crippen LogP contribution in [0.15, 0.2) is 76.5 Å². The highest BCUT2D eigenvalue weighted by atomic mass is 32.2. The average Bonchev–Trinajstić information content (AvgIpc) is 3.38. The summed E-state index contributed by atoms with van der Waals surface area (Å²) in [6.07, 6.45) is 1.65. The van der Waals surface area contributed by atoms with E-state index in [1.165, 1.54) is 17.7 Å². The maximum atomic E-state index is 13.1. The SMILES string of the molecule is Cc1ccc(OCc2nnc(SCc3ccc(F)cc3)n2Cc2ccco2)cc1. The molecule has 0 spiro atoms. The van der Waals surface area contributed by atoms with Crippen LogP contribution in [0, 0.1) is 12.7 Å². The first kappa shape index (κ1) is 19.3. The van der Waals surface area contributed by atoms with Crippen molar-refractivity contribution in [2.24, 2.45) is 0 Å². The van der Waals surface area contributed by atoms with Crippen molar-refractivity contribution in [2.45, 2.75) is 31.0 Å². The minimum atomic E-state index is -0.240. The van der Waals surface area contributed by atoms with Crippen LogP contribution in [0.4, 0.5) is 4.39 Å². The molecule has 0 aliphatic heterocycles. The van der Waals surface area contributed by atoms with Gasteiger partial charge in [-0.15, -0.1) is 10.2 Å². The van der Waals surface area contributed by atoms with Gasteiger partial charge in [-0.1, -0.05) is 41.6 Å². The summed E-state index contributed by atoms with van der Waals surface area (Å²) in [7, 11) is 0. The Morgan fingerprint density at radius 1 is 1.03 bits per heavy atom. The predicted octanol–water partition coefficient (Wildman–Crippen LogP) is 5.24. The van der Waals surface area contributed by atoms with E-state index in [9.17, 15) is 4.39 Å². The third-order valence-corrected chi connectivity index (χ3v) is 5.40. The van der Waals surface area contributed by atoms with Crippen LogP contribution in [0.25, 0.3) is 0 Å². The molecule has 29 heavy (non-hydrogen) atoms. The van der Waals surface area contributed by atoms with E-state index in [1.54, 1.807) is 30.2 Å². The standard InChI is InChI=1S/C22H20FN3O2S/c1-16-4-10-19(11-5-16)28-14-21-24-25-22(26(21)13-20-3-2-12-27-20)29-15-17-6-8-18(23)9-7-17/h2-12H,13-15H2,1H3. The summed E-state index contributed by atoms with van der Waals surface area (Å²) < 4.78 is 26.5. The van der Waals surface area contributed by atoms with Gasteiger partial charge in [-0.2, -0.15) is 0 Å². The lowest BCUT2D eigenvalue weighted by Gasteiger charge is -2.10. The maximum absolute atomic E-state index is 13.1. The van der Waals surface area contributed by atoms with Gasteiger partial charge in [-0.25, -0.2) is 4.39 Å². The molecule has 2 aromatic carbocycles. The van der Waals surface area contributed by atoms with E-state index in [0.29, 0.717) is 24.7 Å². The predicted molar refractivity (Wildman–Crippen MR) is 109 cm³/mol. The molecule has 0 fully saturated rings. The molecule has 5 nitrogen and oxygen atoms in total. The van der Waals surface area contributed by atoms with Gasteiger partial charge in [-0.05, 0) is 48.9 Å². The Morgan fingerprint density at radius 2 is 1.83 bits per heavy atom. The van der Waals surface area contributed by atoms with E-state index in [0.717, 1.165) is 22.2 Å². The molecule has 0 amide bonds. The normalized spacial score (nSPS) is 11.0. The lowest BCUT2D eigenvalue weighted by atomic mass is 10.2. The van der Waals surface area contributed by atoms with Crippen molar-refractivity contribution in [3.05, 3.63) is 95.5 Å². The molecule has 0 N–H and O–H groups in total. The highest BCUT2D eigenvalue weighted by Gasteiger charge is 2.15. The molecule has 7 heteroatoms. The minimum absolute atomic E-state index is 0.240. The zero-order valence-electron chi connectivity index (χ0n) is 15.9. The zero-order chi connectivity index (χ0) is 20.1. The first-order valence-electron chi connectivity index (χ1n) is 9.18. The highest BCUT2D eigenvalue weighted by Crippen LogP contribution is 2.24. The number of benzene rings is 2. The van der Waals surface area contributed by atoms with Gasteiger partial charge in [0.2, 0.25) is 0 Å². The Balaban J connectivity index is 1.50. The van der Waals surface area contributed by atoms with Crippen LogP contribution in [0.2, 0.25) is 0 Å². The van der Waals surface area contributed by atoms with Crippen LogP contribution >= 0.6 is 11.8 Å². The minimum Gasteiger partial charge on any atom is -0.486 e. The van der Waals surface area contributed by atoms with Crippen LogP contribution in [-0.2, 0) is 18.9 Å². The fraction of sp³-hybridized carbons (Fsp3) is 0.182. The Labute approximate surface area is 172 Å². The number of ether oxygens (including phenoxy) is 1. The molecule has 0 saturated carbocycles. The zero-order valence-corrected chi connectivity index (χ0v) is 16.7. The lowest BCUT2D eigenvalue weighted by molar-refractivity contribution is 0.287. The molecule has 0 unspecified atom stereocenters. The molecule has 0 radical (unpaired) electrons. The summed E-state index contributed by atoms with van der Waals surface area (Å²) in [5.74, 6) is 2.72. The molecule has 148 valence electrons. The van der Waals surface area contributed by atoms with Gasteiger partial charge in [0.15, 0.2) is 11.0 Å². The number of nitrogens with zero attached hydrogens (tertiary/aromatic N) is 3. The number of hydrogen-bond acceptors (Lipinski definition) is 5. The molecular formula is C22H20FN3O2S. The number of aromatic nitrogens is 3. The fourth-order valence-electron chi connectivity index (χ4n) is 2.76. The second-order valence-corrected chi connectivity index (χ2v) is 7.52. The van der Waals surface area contributed by atoms with Crippen LogP contribution < -0.4 is 4.74 Å². The van der Waals surface area contributed by atoms with Crippen molar-refractivity contribution in [2.75, 3.05) is 0 Å². The summed E-state index contributed by atoms with van der Waals surface area (Å²) in [5, 5.41) is 9.41. The van der Waals surface area contributed by atoms with Crippen molar-refractivity contribution >= 4 is 11.8 Å². The van der Waals surface area contributed by atoms with E-state index in [2.05, 4.69) is 10.2 Å². The first-order chi connectivity index (χ1) is 14.2. The van der Waals surface area contributed by atoms with E-state index in [1.807, 2.05) is 47.9 Å². The van der Waals surface area contributed by atoms with Gasteiger partial charge in [-0.3, -0.25) is 4.57 Å². The van der Waals surface area contributed by atoms with Gasteiger partial charge in [0, 0.05) is 5.75 Å². The molecular weight excluding hydrogens is 389 g/mol. The van der Waals surface area contributed by atoms with Gasteiger partial charge in [0.05, 0.1) is 12.8 Å². The van der Waals surface area contributed by atoms with Gasteiger partial charge >= 0.3 is 0 Å². The van der Waals surface area contributed by atoms with Crippen LogP contribution in [0.3, 0.4) is 0 Å². The van der Waals surface area contributed by atoms with Gasteiger partial charge in [0.25, 0.3) is 0 Å². The van der Waals surface area contributed by atoms with Crippen molar-refractivity contribution in [1.82, 2.24) is 14.8 Å². The molecule has 2 aromatic heterocycles. The third-order valence-electron chi connectivity index (χ3n) is 4.36. The third kappa shape index (κ3) is 5.06. The van der Waals surface area contributed by atoms with Crippen molar-refractivity contribution in [3.8, 4) is 5.75 Å². The molecule has 0 aliphatic rings. The van der Waals surface area contributed by atoms with Crippen molar-refractivity contribution in [3.63, 3.8) is 0 Å². The number of aryl methyl sites for hydroxylation is 1. The second kappa shape index (κ2) is 8.96. The van der Waals surface area contributed by atoms with E-state index in [-0.39, 0.29) is 5.82 Å². The largest absolute Gasteiger partial charge is 0.486 e. The summed E-state index contributed by atoms with van der Waals surface area (Å²) in [5.41, 5.74) is 2.19. The lowest BCUT2D eigenvalue weighted by Crippen LogP contribution is -2.09. The number of rotatable bonds is 8. The summed E-state index contributed by atoms with van der Waals surface area (Å²) in [4.78, 5) is 0. The van der Waals surface area contributed by atoms with Crippen LogP contribution in [0.5, 0.6) is 5.75 Å². The molecule has 2 heterocycles. The highest BCUT2D eigenvalue weighted by molar-refractivity contribution is 7.98. The van der Waals surface area contributed by atoms with Gasteiger partial charge in [0.1, 0.15) is 23.9 Å². The molecule has 0 aliphatic carbocycles. The fourth-order valence-corrected chi connectivity index (χ4v) is 3.67. The number of hydrogen-bond donors (Lipinski definition) is 0. The number of thioether (sulfide) groups is 1. The molecule has 0 saturated heterocycles. The van der Waals surface area contributed by atoms with Gasteiger partial charge < -0.3 is 9.15 Å². The summed E-state index contributed by atoms with van der Waals surface area (Å²) >= 11 is 1.54. The molecule has 4 aromatic rings. The maximum Gasteiger partial charge on any atom is 0.192 e. The molecule has 0 atom stereocenters. The number of halogens is 1. The average molecular weight is 409 g/mol. The second-order valence-electron chi connectivity index (χ2n) is 6.58. The summed E-state index contributed by atoms with van der Waals surface area (Å²) in [6.45, 7) is 2.85. The quantitative estimate of drug-likeness (QED) is 0.373.